The van der Waals surface area contributed by atoms with E-state index in [9.17, 15) is 14.4 Å². The number of hydrogen-bond donors (Lipinski definition) is 3. The number of benzene rings is 2. The molecule has 3 amide bonds. The SMILES string of the molecule is COc1ccc(NC(=O)C(c2ccc(C)cc2C)N(C(=O)C(CS)NC(=O)OC(C)(C)C)C(C)CCC(C)C)cc1. The number of carbonyl (C=O) groups excluding carboxylic acids is 3. The standard InChI is InChI=1S/C32H47N3O5S/c1-20(2)10-12-23(5)35(30(37)27(19-41)34-31(38)40-32(6,7)8)28(26-17-11-21(3)18-22(26)4)29(36)33-24-13-15-25(39-9)16-14-24/h11,13-18,20,23,27-28,41H,10,12,19H2,1-9H3,(H,33,36)(H,34,38). The summed E-state index contributed by atoms with van der Waals surface area (Å²) in [6, 6.07) is 10.6. The minimum absolute atomic E-state index is 0.0329. The Morgan fingerprint density at radius 2 is 1.61 bits per heavy atom. The van der Waals surface area contributed by atoms with Crippen molar-refractivity contribution in [1.29, 1.82) is 0 Å². The first-order valence-corrected chi connectivity index (χ1v) is 14.7. The molecule has 3 unspecified atom stereocenters. The van der Waals surface area contributed by atoms with Crippen LogP contribution in [0, 0.1) is 19.8 Å². The maximum Gasteiger partial charge on any atom is 0.408 e. The van der Waals surface area contributed by atoms with Crippen LogP contribution >= 0.6 is 12.6 Å². The number of nitrogens with zero attached hydrogens (tertiary/aromatic N) is 1. The Kier molecular flexibility index (Phi) is 12.6. The third-order valence-corrected chi connectivity index (χ3v) is 7.03. The van der Waals surface area contributed by atoms with E-state index < -0.39 is 29.7 Å². The molecule has 0 bridgehead atoms. The molecular weight excluding hydrogens is 538 g/mol. The molecule has 0 aliphatic heterocycles. The van der Waals surface area contributed by atoms with Crippen LogP contribution in [-0.2, 0) is 14.3 Å². The first-order chi connectivity index (χ1) is 19.2. The third kappa shape index (κ3) is 10.3. The van der Waals surface area contributed by atoms with E-state index in [1.54, 1.807) is 57.0 Å². The maximum atomic E-state index is 14.3. The number of methoxy groups -OCH3 is 1. The van der Waals surface area contributed by atoms with E-state index in [0.29, 0.717) is 29.3 Å². The number of aryl methyl sites for hydroxylation is 2. The lowest BCUT2D eigenvalue weighted by Gasteiger charge is -2.39. The van der Waals surface area contributed by atoms with Crippen molar-refractivity contribution in [2.24, 2.45) is 5.92 Å². The van der Waals surface area contributed by atoms with Crippen LogP contribution in [0.5, 0.6) is 5.75 Å². The molecule has 0 aliphatic carbocycles. The van der Waals surface area contributed by atoms with Crippen LogP contribution in [0.2, 0.25) is 0 Å². The summed E-state index contributed by atoms with van der Waals surface area (Å²) >= 11 is 4.40. The molecule has 0 fully saturated rings. The zero-order chi connectivity index (χ0) is 30.9. The van der Waals surface area contributed by atoms with E-state index in [-0.39, 0.29) is 17.7 Å². The molecular formula is C32H47N3O5S. The summed E-state index contributed by atoms with van der Waals surface area (Å²) in [6.07, 6.45) is 0.813. The molecule has 9 heteroatoms. The van der Waals surface area contributed by atoms with Crippen LogP contribution in [0.3, 0.4) is 0 Å². The quantitative estimate of drug-likeness (QED) is 0.248. The van der Waals surface area contributed by atoms with E-state index in [1.807, 2.05) is 39.0 Å². The Balaban J connectivity index is 2.60. The minimum atomic E-state index is -1.00. The largest absolute Gasteiger partial charge is 0.497 e. The number of alkyl carbamates (subject to hydrolysis) is 1. The van der Waals surface area contributed by atoms with Crippen LogP contribution < -0.4 is 15.4 Å². The van der Waals surface area contributed by atoms with Crippen LogP contribution in [0.4, 0.5) is 10.5 Å². The second kappa shape index (κ2) is 15.1. The highest BCUT2D eigenvalue weighted by molar-refractivity contribution is 7.80. The maximum absolute atomic E-state index is 14.3. The number of anilines is 1. The van der Waals surface area contributed by atoms with Gasteiger partial charge in [0.15, 0.2) is 0 Å². The van der Waals surface area contributed by atoms with E-state index >= 15 is 0 Å². The molecule has 0 aliphatic rings. The van der Waals surface area contributed by atoms with Crippen molar-refractivity contribution in [3.8, 4) is 5.75 Å². The predicted molar refractivity (Wildman–Crippen MR) is 168 cm³/mol. The molecule has 0 spiro atoms. The fraction of sp³-hybridized carbons (Fsp3) is 0.531. The van der Waals surface area contributed by atoms with Crippen LogP contribution in [0.1, 0.15) is 77.1 Å². The first kappa shape index (κ1) is 34.0. The molecule has 2 aromatic rings. The van der Waals surface area contributed by atoms with E-state index in [2.05, 4.69) is 37.1 Å². The fourth-order valence-corrected chi connectivity index (χ4v) is 4.81. The summed E-state index contributed by atoms with van der Waals surface area (Å²) < 4.78 is 10.7. The first-order valence-electron chi connectivity index (χ1n) is 14.1. The van der Waals surface area contributed by atoms with Gasteiger partial charge in [-0.25, -0.2) is 4.79 Å². The number of nitrogens with one attached hydrogen (secondary N) is 2. The zero-order valence-corrected chi connectivity index (χ0v) is 26.8. The van der Waals surface area contributed by atoms with Gasteiger partial charge >= 0.3 is 6.09 Å². The normalized spacial score (nSPS) is 13.6. The van der Waals surface area contributed by atoms with Crippen LogP contribution in [0.25, 0.3) is 0 Å². The van der Waals surface area contributed by atoms with Crippen molar-refractivity contribution < 1.29 is 23.9 Å². The summed E-state index contributed by atoms with van der Waals surface area (Å²) in [5, 5.41) is 5.68. The van der Waals surface area contributed by atoms with Gasteiger partial charge in [0, 0.05) is 17.5 Å². The lowest BCUT2D eigenvalue weighted by Crippen LogP contribution is -2.55. The molecule has 2 aromatic carbocycles. The van der Waals surface area contributed by atoms with Crippen molar-refractivity contribution in [1.82, 2.24) is 10.2 Å². The summed E-state index contributed by atoms with van der Waals surface area (Å²) in [5.41, 5.74) is 2.48. The summed E-state index contributed by atoms with van der Waals surface area (Å²) in [4.78, 5) is 42.7. The number of hydrogen-bond acceptors (Lipinski definition) is 6. The Morgan fingerprint density at radius 1 is 0.976 bits per heavy atom. The Bertz CT molecular complexity index is 1180. The number of ether oxygens (including phenoxy) is 2. The van der Waals surface area contributed by atoms with Crippen molar-refractivity contribution in [3.63, 3.8) is 0 Å². The Hall–Kier alpha value is -3.20. The van der Waals surface area contributed by atoms with Gasteiger partial charge in [0.25, 0.3) is 5.91 Å². The molecule has 2 rings (SSSR count). The van der Waals surface area contributed by atoms with Crippen LogP contribution in [0.15, 0.2) is 42.5 Å². The molecule has 0 saturated carbocycles. The second-order valence-electron chi connectivity index (χ2n) is 11.9. The molecule has 41 heavy (non-hydrogen) atoms. The topological polar surface area (TPSA) is 97.0 Å². The van der Waals surface area contributed by atoms with E-state index in [1.165, 1.54) is 0 Å². The monoisotopic (exact) mass is 585 g/mol. The number of rotatable bonds is 12. The van der Waals surface area contributed by atoms with Gasteiger partial charge in [-0.1, -0.05) is 37.6 Å². The molecule has 3 atom stereocenters. The van der Waals surface area contributed by atoms with Crippen molar-refractivity contribution in [2.75, 3.05) is 18.2 Å². The molecule has 0 radical (unpaired) electrons. The van der Waals surface area contributed by atoms with Gasteiger partial charge in [-0.3, -0.25) is 9.59 Å². The van der Waals surface area contributed by atoms with E-state index in [4.69, 9.17) is 9.47 Å². The lowest BCUT2D eigenvalue weighted by atomic mass is 9.94. The van der Waals surface area contributed by atoms with Gasteiger partial charge in [0.05, 0.1) is 7.11 Å². The van der Waals surface area contributed by atoms with Gasteiger partial charge in [0.1, 0.15) is 23.4 Å². The van der Waals surface area contributed by atoms with Gasteiger partial charge in [-0.2, -0.15) is 12.6 Å². The second-order valence-corrected chi connectivity index (χ2v) is 12.3. The summed E-state index contributed by atoms with van der Waals surface area (Å²) in [7, 11) is 1.58. The third-order valence-electron chi connectivity index (χ3n) is 6.67. The average molecular weight is 586 g/mol. The summed E-state index contributed by atoms with van der Waals surface area (Å²) in [6.45, 7) is 15.4. The lowest BCUT2D eigenvalue weighted by molar-refractivity contribution is -0.143. The highest BCUT2D eigenvalue weighted by Crippen LogP contribution is 2.31. The Morgan fingerprint density at radius 3 is 2.12 bits per heavy atom. The van der Waals surface area contributed by atoms with Crippen molar-refractivity contribution >= 4 is 36.2 Å². The van der Waals surface area contributed by atoms with Gasteiger partial charge in [-0.15, -0.1) is 0 Å². The van der Waals surface area contributed by atoms with Crippen molar-refractivity contribution in [3.05, 3.63) is 59.2 Å². The molecule has 0 aromatic heterocycles. The van der Waals surface area contributed by atoms with Crippen LogP contribution in [-0.4, -0.2) is 53.4 Å². The molecule has 2 N–H and O–H groups in total. The van der Waals surface area contributed by atoms with E-state index in [0.717, 1.165) is 17.5 Å². The summed E-state index contributed by atoms with van der Waals surface area (Å²) in [5.74, 6) is 0.338. The van der Waals surface area contributed by atoms with Gasteiger partial charge in [-0.05, 0) is 95.7 Å². The highest BCUT2D eigenvalue weighted by atomic mass is 32.1. The van der Waals surface area contributed by atoms with Gasteiger partial charge in [0.2, 0.25) is 5.91 Å². The predicted octanol–water partition coefficient (Wildman–Crippen LogP) is 6.47. The molecule has 226 valence electrons. The number of amides is 3. The fourth-order valence-electron chi connectivity index (χ4n) is 4.56. The average Bonchev–Trinajstić information content (AvgIpc) is 2.88. The van der Waals surface area contributed by atoms with Crippen molar-refractivity contribution in [2.45, 2.75) is 92.0 Å². The molecule has 0 heterocycles. The number of carbonyl (C=O) groups is 3. The van der Waals surface area contributed by atoms with Gasteiger partial charge < -0.3 is 25.0 Å². The molecule has 8 nitrogen and oxygen atoms in total. The Labute approximate surface area is 251 Å². The number of thiol groups is 1. The minimum Gasteiger partial charge on any atom is -0.497 e. The highest BCUT2D eigenvalue weighted by Gasteiger charge is 2.39. The zero-order valence-electron chi connectivity index (χ0n) is 25.9. The smallest absolute Gasteiger partial charge is 0.408 e. The molecule has 0 saturated heterocycles.